The Balaban J connectivity index is 1.79. The van der Waals surface area contributed by atoms with Gasteiger partial charge in [-0.25, -0.2) is 13.2 Å². The van der Waals surface area contributed by atoms with E-state index in [0.717, 1.165) is 11.0 Å². The van der Waals surface area contributed by atoms with Gasteiger partial charge in [0, 0.05) is 5.41 Å². The van der Waals surface area contributed by atoms with Crippen LogP contribution in [-0.4, -0.2) is 26.3 Å². The number of nitrogens with one attached hydrogen (secondary N) is 1. The van der Waals surface area contributed by atoms with Gasteiger partial charge in [0.25, 0.3) is 0 Å². The van der Waals surface area contributed by atoms with Gasteiger partial charge in [0.2, 0.25) is 0 Å². The average Bonchev–Trinajstić information content (AvgIpc) is 2.67. The standard InChI is InChI=1S/C12H13NO4S/c14-12(13-11-6-7-18(15,16)9-11)17-8-10-4-2-1-3-5-10/h1-7,11H,8-9H2,(H,13,14). The first-order chi connectivity index (χ1) is 8.55. The van der Waals surface area contributed by atoms with Crippen molar-refractivity contribution in [3.8, 4) is 0 Å². The Labute approximate surface area is 105 Å². The molecule has 1 aromatic rings. The third-order valence-electron chi connectivity index (χ3n) is 2.45. The fourth-order valence-corrected chi connectivity index (χ4v) is 2.82. The minimum absolute atomic E-state index is 0.104. The first-order valence-electron chi connectivity index (χ1n) is 5.43. The highest BCUT2D eigenvalue weighted by Gasteiger charge is 2.23. The van der Waals surface area contributed by atoms with E-state index in [-0.39, 0.29) is 12.4 Å². The van der Waals surface area contributed by atoms with E-state index < -0.39 is 22.0 Å². The molecule has 1 aliphatic rings. The van der Waals surface area contributed by atoms with Crippen LogP contribution in [0, 0.1) is 0 Å². The molecule has 0 saturated carbocycles. The van der Waals surface area contributed by atoms with Crippen LogP contribution < -0.4 is 5.32 Å². The summed E-state index contributed by atoms with van der Waals surface area (Å²) in [5, 5.41) is 3.58. The Kier molecular flexibility index (Phi) is 3.66. The molecule has 6 heteroatoms. The quantitative estimate of drug-likeness (QED) is 0.893. The molecule has 0 saturated heterocycles. The number of hydrogen-bond acceptors (Lipinski definition) is 4. The zero-order valence-electron chi connectivity index (χ0n) is 9.57. The molecule has 1 atom stereocenters. The van der Waals surface area contributed by atoms with Crippen LogP contribution in [0.3, 0.4) is 0 Å². The second-order valence-electron chi connectivity index (χ2n) is 3.97. The molecule has 96 valence electrons. The number of hydrogen-bond donors (Lipinski definition) is 1. The van der Waals surface area contributed by atoms with Gasteiger partial charge in [0.05, 0.1) is 11.8 Å². The van der Waals surface area contributed by atoms with Crippen LogP contribution in [0.2, 0.25) is 0 Å². The van der Waals surface area contributed by atoms with Crippen molar-refractivity contribution in [2.24, 2.45) is 0 Å². The molecular formula is C12H13NO4S. The van der Waals surface area contributed by atoms with Gasteiger partial charge >= 0.3 is 6.09 Å². The third kappa shape index (κ3) is 3.59. The maximum Gasteiger partial charge on any atom is 0.407 e. The molecule has 2 rings (SSSR count). The molecule has 1 unspecified atom stereocenters. The zero-order valence-corrected chi connectivity index (χ0v) is 10.4. The van der Waals surface area contributed by atoms with E-state index in [9.17, 15) is 13.2 Å². The van der Waals surface area contributed by atoms with Crippen molar-refractivity contribution in [2.75, 3.05) is 5.75 Å². The molecule has 0 aromatic heterocycles. The predicted octanol–water partition coefficient (Wildman–Crippen LogP) is 1.22. The maximum absolute atomic E-state index is 11.4. The molecule has 0 aliphatic carbocycles. The Morgan fingerprint density at radius 3 is 2.67 bits per heavy atom. The van der Waals surface area contributed by atoms with Crippen LogP contribution in [0.25, 0.3) is 0 Å². The number of carbonyl (C=O) groups excluding carboxylic acids is 1. The molecule has 1 aromatic carbocycles. The van der Waals surface area contributed by atoms with Crippen LogP contribution in [0.1, 0.15) is 5.56 Å². The summed E-state index contributed by atoms with van der Waals surface area (Å²) in [6.07, 6.45) is 0.824. The van der Waals surface area contributed by atoms with Gasteiger partial charge in [0.15, 0.2) is 9.84 Å². The average molecular weight is 267 g/mol. The normalized spacial score (nSPS) is 20.6. The number of ether oxygens (including phenoxy) is 1. The van der Waals surface area contributed by atoms with Crippen LogP contribution in [0.5, 0.6) is 0 Å². The first kappa shape index (κ1) is 12.6. The number of benzene rings is 1. The number of alkyl carbamates (subject to hydrolysis) is 1. The minimum Gasteiger partial charge on any atom is -0.445 e. The van der Waals surface area contributed by atoms with Crippen molar-refractivity contribution in [3.05, 3.63) is 47.4 Å². The fraction of sp³-hybridized carbons (Fsp3) is 0.250. The summed E-state index contributed by atoms with van der Waals surface area (Å²) in [6.45, 7) is 0.163. The second kappa shape index (κ2) is 5.22. The minimum atomic E-state index is -3.16. The Morgan fingerprint density at radius 1 is 1.33 bits per heavy atom. The molecular weight excluding hydrogens is 254 g/mol. The van der Waals surface area contributed by atoms with Gasteiger partial charge in [0.1, 0.15) is 6.61 Å². The highest BCUT2D eigenvalue weighted by molar-refractivity contribution is 7.94. The highest BCUT2D eigenvalue weighted by atomic mass is 32.2. The summed E-state index contributed by atoms with van der Waals surface area (Å²) >= 11 is 0. The monoisotopic (exact) mass is 267 g/mol. The topological polar surface area (TPSA) is 72.5 Å². The molecule has 18 heavy (non-hydrogen) atoms. The lowest BCUT2D eigenvalue weighted by Gasteiger charge is -2.10. The van der Waals surface area contributed by atoms with E-state index in [1.807, 2.05) is 30.3 Å². The van der Waals surface area contributed by atoms with E-state index in [1.165, 1.54) is 6.08 Å². The van der Waals surface area contributed by atoms with E-state index in [4.69, 9.17) is 4.74 Å². The summed E-state index contributed by atoms with van der Waals surface area (Å²) in [7, 11) is -3.16. The third-order valence-corrected chi connectivity index (χ3v) is 3.84. The van der Waals surface area contributed by atoms with Crippen LogP contribution in [-0.2, 0) is 21.2 Å². The largest absolute Gasteiger partial charge is 0.445 e. The van der Waals surface area contributed by atoms with Gasteiger partial charge in [-0.1, -0.05) is 30.3 Å². The lowest BCUT2D eigenvalue weighted by Crippen LogP contribution is -2.35. The van der Waals surface area contributed by atoms with Crippen LogP contribution in [0.15, 0.2) is 41.8 Å². The van der Waals surface area contributed by atoms with Gasteiger partial charge in [-0.15, -0.1) is 0 Å². The zero-order chi connectivity index (χ0) is 13.0. The van der Waals surface area contributed by atoms with E-state index in [2.05, 4.69) is 5.32 Å². The molecule has 1 heterocycles. The summed E-state index contributed by atoms with van der Waals surface area (Å²) in [5.74, 6) is -0.104. The molecule has 0 fully saturated rings. The van der Waals surface area contributed by atoms with Crippen molar-refractivity contribution in [1.29, 1.82) is 0 Å². The Morgan fingerprint density at radius 2 is 2.06 bits per heavy atom. The van der Waals surface area contributed by atoms with Crippen molar-refractivity contribution in [2.45, 2.75) is 12.6 Å². The van der Waals surface area contributed by atoms with E-state index >= 15 is 0 Å². The predicted molar refractivity (Wildman–Crippen MR) is 66.5 cm³/mol. The molecule has 0 radical (unpaired) electrons. The Bertz CT molecular complexity index is 551. The van der Waals surface area contributed by atoms with Gasteiger partial charge in [-0.05, 0) is 11.6 Å². The molecule has 5 nitrogen and oxygen atoms in total. The van der Waals surface area contributed by atoms with Crippen molar-refractivity contribution in [3.63, 3.8) is 0 Å². The number of sulfone groups is 1. The number of carbonyl (C=O) groups is 1. The molecule has 0 bridgehead atoms. The van der Waals surface area contributed by atoms with E-state index in [1.54, 1.807) is 0 Å². The van der Waals surface area contributed by atoms with Gasteiger partial charge in [-0.3, -0.25) is 0 Å². The van der Waals surface area contributed by atoms with Crippen molar-refractivity contribution < 1.29 is 17.9 Å². The summed E-state index contributed by atoms with van der Waals surface area (Å²) in [4.78, 5) is 11.4. The molecule has 1 amide bonds. The smallest absolute Gasteiger partial charge is 0.407 e. The molecule has 1 N–H and O–H groups in total. The summed E-state index contributed by atoms with van der Waals surface area (Å²) < 4.78 is 27.2. The fourth-order valence-electron chi connectivity index (χ4n) is 1.58. The van der Waals surface area contributed by atoms with Gasteiger partial charge < -0.3 is 10.1 Å². The van der Waals surface area contributed by atoms with Crippen molar-refractivity contribution in [1.82, 2.24) is 5.32 Å². The lowest BCUT2D eigenvalue weighted by atomic mass is 10.2. The van der Waals surface area contributed by atoms with Crippen LogP contribution in [0.4, 0.5) is 4.79 Å². The first-order valence-corrected chi connectivity index (χ1v) is 7.15. The number of rotatable bonds is 3. The Hall–Kier alpha value is -1.82. The van der Waals surface area contributed by atoms with Crippen molar-refractivity contribution >= 4 is 15.9 Å². The van der Waals surface area contributed by atoms with E-state index in [0.29, 0.717) is 0 Å². The summed E-state index contributed by atoms with van der Waals surface area (Å²) in [6, 6.07) is 8.75. The SMILES string of the molecule is O=C(NC1C=CS(=O)(=O)C1)OCc1ccccc1. The highest BCUT2D eigenvalue weighted by Crippen LogP contribution is 2.08. The van der Waals surface area contributed by atoms with Gasteiger partial charge in [-0.2, -0.15) is 0 Å². The number of amides is 1. The molecule has 1 aliphatic heterocycles. The summed E-state index contributed by atoms with van der Waals surface area (Å²) in [5.41, 5.74) is 0.877. The lowest BCUT2D eigenvalue weighted by molar-refractivity contribution is 0.138. The van der Waals surface area contributed by atoms with Crippen LogP contribution >= 0.6 is 0 Å². The second-order valence-corrected chi connectivity index (χ2v) is 5.90. The maximum atomic E-state index is 11.4. The molecule has 0 spiro atoms.